The number of carbonyl (C=O) groups excluding carboxylic acids is 16. The van der Waals surface area contributed by atoms with Gasteiger partial charge in [0.2, 0.25) is 23.6 Å². The third-order valence-corrected chi connectivity index (χ3v) is 24.0. The molecule has 0 aliphatic heterocycles. The van der Waals surface area contributed by atoms with Crippen molar-refractivity contribution in [3.05, 3.63) is 285 Å². The predicted octanol–water partition coefficient (Wildman–Crippen LogP) is 19.7. The van der Waals surface area contributed by atoms with E-state index in [1.165, 1.54) is 9.80 Å². The van der Waals surface area contributed by atoms with Gasteiger partial charge in [-0.25, -0.2) is 0 Å². The summed E-state index contributed by atoms with van der Waals surface area (Å²) >= 11 is 0. The van der Waals surface area contributed by atoms with Crippen molar-refractivity contribution in [3.63, 3.8) is 0 Å². The van der Waals surface area contributed by atoms with Gasteiger partial charge in [-0.2, -0.15) is 0 Å². The molecule has 0 saturated heterocycles. The molecule has 752 valence electrons. The van der Waals surface area contributed by atoms with E-state index in [-0.39, 0.29) is 136 Å². The van der Waals surface area contributed by atoms with Gasteiger partial charge in [-0.15, -0.1) is 0 Å². The largest absolute Gasteiger partial charge is 0.356 e. The molecule has 4 N–H and O–H groups in total. The summed E-state index contributed by atoms with van der Waals surface area (Å²) in [5.41, 5.74) is 6.31. The van der Waals surface area contributed by atoms with Crippen LogP contribution in [0.4, 0.5) is 0 Å². The molecule has 0 saturated carbocycles. The number of Topliss-reactive ketones (excluding diaryl/α,β-unsaturated/α-hetero) is 4. The Bertz CT molecular complexity index is 5310. The summed E-state index contributed by atoms with van der Waals surface area (Å²) in [6.45, 7) is 32.6. The number of nitrogens with one attached hydrogen (secondary N) is 4. The van der Waals surface area contributed by atoms with Gasteiger partial charge in [-0.3, -0.25) is 76.7 Å². The van der Waals surface area contributed by atoms with Crippen molar-refractivity contribution >= 4 is 93.5 Å². The molecule has 0 heterocycles. The van der Waals surface area contributed by atoms with Crippen molar-refractivity contribution in [2.24, 2.45) is 47.3 Å². The van der Waals surface area contributed by atoms with Gasteiger partial charge in [0.1, 0.15) is 0 Å². The van der Waals surface area contributed by atoms with Gasteiger partial charge < -0.3 is 40.9 Å². The Kier molecular flexibility index (Phi) is 51.4. The average Bonchev–Trinajstić information content (AvgIpc) is 0.811. The molecular formula is C116H152N8O16. The first-order valence-corrected chi connectivity index (χ1v) is 49.6. The number of carbonyl (C=O) groups is 16. The fourth-order valence-corrected chi connectivity index (χ4v) is 15.6. The first-order valence-electron chi connectivity index (χ1n) is 49.6. The van der Waals surface area contributed by atoms with Crippen LogP contribution in [0.25, 0.3) is 0 Å². The molecule has 8 aromatic rings. The molecule has 4 unspecified atom stereocenters. The molecule has 24 heteroatoms. The van der Waals surface area contributed by atoms with Crippen LogP contribution < -0.4 is 21.3 Å². The van der Waals surface area contributed by atoms with Crippen LogP contribution in [-0.4, -0.2) is 192 Å². The van der Waals surface area contributed by atoms with Gasteiger partial charge in [-0.1, -0.05) is 300 Å². The topological polar surface area (TPSA) is 334 Å². The van der Waals surface area contributed by atoms with Crippen LogP contribution in [0.3, 0.4) is 0 Å². The lowest BCUT2D eigenvalue weighted by atomic mass is 9.92. The molecule has 0 aromatic heterocycles. The molecule has 8 rings (SSSR count). The SMILES string of the molecule is CC(C)CC(C(=O)C(C)C)N(C)C(=O)CCCCCNC(=O)CCCCCNC(=O)c1ccc(C(=O)c2ccccc2)cc1.CC(C)CC(C(=O)C(C)C)N(C)C(=O)CCCCCNC(=O)c1ccc(C(=O)c2ccccc2)cc1.CC(C)CC(C(=O)C(C)C)N(C)C(=O)CNC(=O)c1ccc(C(=O)c2ccccc2)cc1.CC(C)CC(C(=O)C(C)C)N(C)C(=O)c1ccc(C(=O)c2ccccc2)cc1. The molecule has 140 heavy (non-hydrogen) atoms. The summed E-state index contributed by atoms with van der Waals surface area (Å²) in [4.78, 5) is 207. The minimum Gasteiger partial charge on any atom is -0.356 e. The maximum absolute atomic E-state index is 12.9. The first kappa shape index (κ1) is 117. The van der Waals surface area contributed by atoms with Gasteiger partial charge in [0.15, 0.2) is 46.3 Å². The second-order valence-corrected chi connectivity index (χ2v) is 38.8. The lowest BCUT2D eigenvalue weighted by Gasteiger charge is -2.30. The van der Waals surface area contributed by atoms with Crippen LogP contribution >= 0.6 is 0 Å². The second-order valence-electron chi connectivity index (χ2n) is 38.8. The molecule has 8 amide bonds. The Morgan fingerprint density at radius 1 is 0.221 bits per heavy atom. The van der Waals surface area contributed by atoms with Gasteiger partial charge in [0.25, 0.3) is 23.6 Å². The Morgan fingerprint density at radius 3 is 0.693 bits per heavy atom. The van der Waals surface area contributed by atoms with Crippen LogP contribution in [0, 0.1) is 47.3 Å². The zero-order valence-electron chi connectivity index (χ0n) is 86.2. The van der Waals surface area contributed by atoms with E-state index in [1.54, 1.807) is 196 Å². The second kappa shape index (κ2) is 61.4. The molecule has 0 fully saturated rings. The molecule has 0 spiro atoms. The highest BCUT2D eigenvalue weighted by Gasteiger charge is 2.34. The van der Waals surface area contributed by atoms with Gasteiger partial charge in [0.05, 0.1) is 30.7 Å². The number of benzene rings is 8. The third-order valence-electron chi connectivity index (χ3n) is 24.0. The standard InChI is InChI=1S/C36H51N3O5.C30H40N2O4.C26H32N2O4.C24H29NO3/c1-26(2)25-31(34(42)27(3)4)39(5)33(41)18-12-8-13-23-37-32(40)17-11-7-14-24-38-36(44)30-21-19-29(20-22-30)35(43)28-15-9-6-10-16-28;1-21(2)20-26(28(34)22(3)4)32(5)27(33)14-10-7-11-19-31-30(36)25-17-15-24(16-18-25)29(35)23-12-8-6-9-13-23;1-17(2)15-22(24(30)18(3)4)28(5)23(29)16-27-26(32)21-13-11-20(12-14-21)25(31)19-9-7-6-8-10-19;1-16(2)15-21(22(26)17(3)4)25(5)24(28)20-13-11-19(12-14-20)23(27)18-9-7-6-8-10-18/h6,9-10,15-16,19-22,26-27,31H,7-8,11-14,17-18,23-25H2,1-5H3,(H,37,40)(H,38,44);6,8-9,12-13,15-18,21-22,26H,7,10-11,14,19-20H2,1-5H3,(H,31,36);6-14,17-18,22H,15-16H2,1-5H3,(H,27,32);6-14,16-17,21H,15H2,1-5H3. The van der Waals surface area contributed by atoms with Crippen LogP contribution in [0.2, 0.25) is 0 Å². The van der Waals surface area contributed by atoms with Crippen LogP contribution in [0.1, 0.15) is 319 Å². The molecule has 4 atom stereocenters. The number of likely N-dealkylation sites (N-methyl/N-ethyl adjacent to an activating group) is 4. The normalized spacial score (nSPS) is 11.9. The van der Waals surface area contributed by atoms with Crippen molar-refractivity contribution in [1.82, 2.24) is 40.9 Å². The number of nitrogens with zero attached hydrogens (tertiary/aromatic N) is 4. The number of hydrogen-bond acceptors (Lipinski definition) is 16. The molecular weight excluding hydrogens is 1760 g/mol. The minimum atomic E-state index is -0.511. The van der Waals surface area contributed by atoms with Gasteiger partial charge >= 0.3 is 0 Å². The summed E-state index contributed by atoms with van der Waals surface area (Å²) in [5, 5.41) is 11.3. The lowest BCUT2D eigenvalue weighted by Crippen LogP contribution is -2.48. The number of unbranched alkanes of at least 4 members (excludes halogenated alkanes) is 6. The van der Waals surface area contributed by atoms with Crippen LogP contribution in [-0.2, 0) is 38.4 Å². The molecule has 0 aliphatic rings. The summed E-state index contributed by atoms with van der Waals surface area (Å²) in [7, 11) is 6.75. The predicted molar refractivity (Wildman–Crippen MR) is 553 cm³/mol. The highest BCUT2D eigenvalue weighted by molar-refractivity contribution is 6.12. The van der Waals surface area contributed by atoms with Crippen molar-refractivity contribution in [1.29, 1.82) is 0 Å². The summed E-state index contributed by atoms with van der Waals surface area (Å²) in [6, 6.07) is 60.6. The van der Waals surface area contributed by atoms with Gasteiger partial charge in [0, 0.05) is 158 Å². The monoisotopic (exact) mass is 1910 g/mol. The van der Waals surface area contributed by atoms with E-state index in [9.17, 15) is 76.7 Å². The highest BCUT2D eigenvalue weighted by atomic mass is 16.2. The smallest absolute Gasteiger partial charge is 0.254 e. The maximum atomic E-state index is 12.9. The Labute approximate surface area is 830 Å². The van der Waals surface area contributed by atoms with Crippen molar-refractivity contribution in [3.8, 4) is 0 Å². The maximum Gasteiger partial charge on any atom is 0.254 e. The molecule has 0 bridgehead atoms. The van der Waals surface area contributed by atoms with Crippen molar-refractivity contribution in [2.75, 3.05) is 54.4 Å². The minimum absolute atomic E-state index is 0.00175. The Morgan fingerprint density at radius 2 is 0.436 bits per heavy atom. The third kappa shape index (κ3) is 40.0. The van der Waals surface area contributed by atoms with Crippen LogP contribution in [0.5, 0.6) is 0 Å². The Hall–Kier alpha value is -13.1. The zero-order valence-corrected chi connectivity index (χ0v) is 86.2. The Balaban J connectivity index is 0.000000333. The fraction of sp³-hybridized carbons (Fsp3) is 0.448. The van der Waals surface area contributed by atoms with E-state index in [0.717, 1.165) is 51.4 Å². The molecule has 24 nitrogen and oxygen atoms in total. The molecule has 0 aliphatic carbocycles. The molecule has 8 aromatic carbocycles. The number of ketones is 8. The van der Waals surface area contributed by atoms with E-state index in [1.807, 2.05) is 144 Å². The van der Waals surface area contributed by atoms with Gasteiger partial charge in [-0.05, 0) is 136 Å². The average molecular weight is 1910 g/mol. The fourth-order valence-electron chi connectivity index (χ4n) is 15.6. The van der Waals surface area contributed by atoms with E-state index < -0.39 is 18.0 Å². The summed E-state index contributed by atoms with van der Waals surface area (Å²) in [6.07, 6.45) is 10.7. The van der Waals surface area contributed by atoms with E-state index in [0.29, 0.717) is 156 Å². The quantitative estimate of drug-likeness (QED) is 0.0203. The number of rotatable bonds is 52. The van der Waals surface area contributed by atoms with E-state index in [2.05, 4.69) is 49.0 Å². The summed E-state index contributed by atoms with van der Waals surface area (Å²) in [5.74, 6) is -0.686. The van der Waals surface area contributed by atoms with Crippen molar-refractivity contribution in [2.45, 2.75) is 238 Å². The first-order chi connectivity index (χ1) is 66.4. The number of hydrogen-bond donors (Lipinski definition) is 4. The van der Waals surface area contributed by atoms with E-state index >= 15 is 0 Å². The van der Waals surface area contributed by atoms with Crippen molar-refractivity contribution < 1.29 is 76.7 Å². The zero-order chi connectivity index (χ0) is 104. The van der Waals surface area contributed by atoms with E-state index in [4.69, 9.17) is 0 Å². The van der Waals surface area contributed by atoms with Crippen LogP contribution in [0.15, 0.2) is 218 Å². The summed E-state index contributed by atoms with van der Waals surface area (Å²) < 4.78 is 0. The highest BCUT2D eigenvalue weighted by Crippen LogP contribution is 2.25. The number of amides is 8. The lowest BCUT2D eigenvalue weighted by molar-refractivity contribution is -0.140. The molecule has 0 radical (unpaired) electrons.